The fourth-order valence-electron chi connectivity index (χ4n) is 0.675. The molecule has 0 fully saturated rings. The lowest BCUT2D eigenvalue weighted by atomic mass is 10.2. The van der Waals surface area contributed by atoms with E-state index < -0.39 is 0 Å². The van der Waals surface area contributed by atoms with Crippen molar-refractivity contribution in [2.45, 2.75) is 11.9 Å². The third-order valence-electron chi connectivity index (χ3n) is 1.41. The van der Waals surface area contributed by atoms with E-state index in [9.17, 15) is 0 Å². The third kappa shape index (κ3) is 3.93. The van der Waals surface area contributed by atoms with E-state index >= 15 is 0 Å². The summed E-state index contributed by atoms with van der Waals surface area (Å²) in [6, 6.07) is 0. The summed E-state index contributed by atoms with van der Waals surface area (Å²) < 4.78 is 0. The zero-order valence-electron chi connectivity index (χ0n) is 7.27. The van der Waals surface area contributed by atoms with Crippen LogP contribution in [0.25, 0.3) is 0 Å². The highest BCUT2D eigenvalue weighted by molar-refractivity contribution is 7.99. The van der Waals surface area contributed by atoms with E-state index in [1.807, 2.05) is 6.92 Å². The van der Waals surface area contributed by atoms with E-state index in [4.69, 9.17) is 16.7 Å². The van der Waals surface area contributed by atoms with Gasteiger partial charge >= 0.3 is 0 Å². The molecule has 1 heterocycles. The van der Waals surface area contributed by atoms with Crippen molar-refractivity contribution in [2.24, 2.45) is 5.92 Å². The van der Waals surface area contributed by atoms with Crippen LogP contribution in [0.4, 0.5) is 0 Å². The number of thioether (sulfide) groups is 1. The number of hydrogen-bond donors (Lipinski definition) is 1. The maximum Gasteiger partial charge on any atom is 0.148 e. The Hall–Kier alpha value is -0.320. The largest absolute Gasteiger partial charge is 0.396 e. The van der Waals surface area contributed by atoms with Crippen molar-refractivity contribution in [3.8, 4) is 0 Å². The first kappa shape index (κ1) is 10.8. The van der Waals surface area contributed by atoms with Gasteiger partial charge in [0.2, 0.25) is 0 Å². The quantitative estimate of drug-likeness (QED) is 0.784. The van der Waals surface area contributed by atoms with Crippen LogP contribution in [-0.4, -0.2) is 27.4 Å². The second kappa shape index (κ2) is 5.42. The van der Waals surface area contributed by atoms with Crippen molar-refractivity contribution in [3.05, 3.63) is 17.5 Å². The molecule has 1 rings (SSSR count). The normalized spacial score (nSPS) is 12.8. The van der Waals surface area contributed by atoms with Gasteiger partial charge in [-0.3, -0.25) is 4.98 Å². The second-order valence-corrected chi connectivity index (χ2v) is 4.21. The van der Waals surface area contributed by atoms with Crippen molar-refractivity contribution in [3.63, 3.8) is 0 Å². The van der Waals surface area contributed by atoms with Crippen LogP contribution in [0.5, 0.6) is 0 Å². The van der Waals surface area contributed by atoms with Gasteiger partial charge in [-0.25, -0.2) is 4.98 Å². The Balaban J connectivity index is 2.45. The maximum atomic E-state index is 8.79. The summed E-state index contributed by atoms with van der Waals surface area (Å²) in [6.07, 6.45) is 3.17. The van der Waals surface area contributed by atoms with Crippen LogP contribution in [0.1, 0.15) is 6.92 Å². The lowest BCUT2D eigenvalue weighted by Crippen LogP contribution is -2.03. The molecule has 72 valence electrons. The predicted molar refractivity (Wildman–Crippen MR) is 54.0 cm³/mol. The smallest absolute Gasteiger partial charge is 0.148 e. The third-order valence-corrected chi connectivity index (χ3v) is 2.82. The van der Waals surface area contributed by atoms with Crippen LogP contribution in [0.2, 0.25) is 5.15 Å². The number of aliphatic hydroxyl groups is 1. The number of halogens is 1. The molecule has 13 heavy (non-hydrogen) atoms. The highest BCUT2D eigenvalue weighted by atomic mass is 35.5. The average Bonchev–Trinajstić information content (AvgIpc) is 2.14. The minimum absolute atomic E-state index is 0.195. The fraction of sp³-hybridized carbons (Fsp3) is 0.500. The van der Waals surface area contributed by atoms with Crippen LogP contribution < -0.4 is 0 Å². The van der Waals surface area contributed by atoms with Crippen molar-refractivity contribution < 1.29 is 5.11 Å². The van der Waals surface area contributed by atoms with Gasteiger partial charge in [0.1, 0.15) is 10.2 Å². The van der Waals surface area contributed by atoms with E-state index in [-0.39, 0.29) is 12.5 Å². The van der Waals surface area contributed by atoms with Gasteiger partial charge < -0.3 is 5.11 Å². The van der Waals surface area contributed by atoms with Crippen molar-refractivity contribution in [2.75, 3.05) is 12.4 Å². The SMILES string of the molecule is CC(CO)CSc1cncc(Cl)n1. The van der Waals surface area contributed by atoms with E-state index in [1.165, 1.54) is 6.20 Å². The molecule has 5 heteroatoms. The summed E-state index contributed by atoms with van der Waals surface area (Å²) >= 11 is 7.21. The Labute approximate surface area is 86.6 Å². The molecule has 0 radical (unpaired) electrons. The highest BCUT2D eigenvalue weighted by Crippen LogP contribution is 2.18. The molecule has 0 saturated carbocycles. The van der Waals surface area contributed by atoms with Gasteiger partial charge in [-0.2, -0.15) is 0 Å². The minimum Gasteiger partial charge on any atom is -0.396 e. The monoisotopic (exact) mass is 218 g/mol. The Morgan fingerprint density at radius 1 is 1.62 bits per heavy atom. The van der Waals surface area contributed by atoms with Crippen molar-refractivity contribution >= 4 is 23.4 Å². The Bertz CT molecular complexity index is 272. The Morgan fingerprint density at radius 2 is 2.38 bits per heavy atom. The van der Waals surface area contributed by atoms with Gasteiger partial charge in [0.15, 0.2) is 0 Å². The molecule has 0 spiro atoms. The average molecular weight is 219 g/mol. The van der Waals surface area contributed by atoms with Crippen molar-refractivity contribution in [1.29, 1.82) is 0 Å². The summed E-state index contributed by atoms with van der Waals surface area (Å²) in [5.74, 6) is 1.09. The molecule has 0 aliphatic carbocycles. The molecule has 0 saturated heterocycles. The molecular formula is C8H11ClN2OS. The molecular weight excluding hydrogens is 208 g/mol. The molecule has 0 aliphatic rings. The number of rotatable bonds is 4. The van der Waals surface area contributed by atoms with E-state index in [1.54, 1.807) is 18.0 Å². The first-order valence-corrected chi connectivity index (χ1v) is 5.30. The topological polar surface area (TPSA) is 46.0 Å². The molecule has 1 aromatic heterocycles. The number of nitrogens with zero attached hydrogens (tertiary/aromatic N) is 2. The standard InChI is InChI=1S/C8H11ClN2OS/c1-6(4-12)5-13-8-3-10-2-7(9)11-8/h2-3,6,12H,4-5H2,1H3. The van der Waals surface area contributed by atoms with Gasteiger partial charge in [0.25, 0.3) is 0 Å². The fourth-order valence-corrected chi connectivity index (χ4v) is 1.73. The summed E-state index contributed by atoms with van der Waals surface area (Å²) in [5.41, 5.74) is 0. The summed E-state index contributed by atoms with van der Waals surface area (Å²) in [5, 5.41) is 10.00. The van der Waals surface area contributed by atoms with Gasteiger partial charge in [-0.15, -0.1) is 11.8 Å². The first-order chi connectivity index (χ1) is 6.22. The van der Waals surface area contributed by atoms with E-state index in [0.717, 1.165) is 10.8 Å². The molecule has 1 N–H and O–H groups in total. The molecule has 0 aliphatic heterocycles. The summed E-state index contributed by atoms with van der Waals surface area (Å²) in [4.78, 5) is 7.97. The van der Waals surface area contributed by atoms with Gasteiger partial charge in [-0.05, 0) is 5.92 Å². The van der Waals surface area contributed by atoms with Crippen molar-refractivity contribution in [1.82, 2.24) is 9.97 Å². The number of hydrogen-bond acceptors (Lipinski definition) is 4. The van der Waals surface area contributed by atoms with Crippen LogP contribution >= 0.6 is 23.4 Å². The van der Waals surface area contributed by atoms with E-state index in [0.29, 0.717) is 5.15 Å². The number of aromatic nitrogens is 2. The molecule has 1 unspecified atom stereocenters. The Kier molecular flexibility index (Phi) is 4.48. The molecule has 3 nitrogen and oxygen atoms in total. The highest BCUT2D eigenvalue weighted by Gasteiger charge is 2.02. The molecule has 1 aromatic rings. The van der Waals surface area contributed by atoms with Gasteiger partial charge in [0.05, 0.1) is 12.4 Å². The van der Waals surface area contributed by atoms with Gasteiger partial charge in [-0.1, -0.05) is 18.5 Å². The molecule has 0 aromatic carbocycles. The zero-order valence-corrected chi connectivity index (χ0v) is 8.85. The maximum absolute atomic E-state index is 8.79. The summed E-state index contributed by atoms with van der Waals surface area (Å²) in [6.45, 7) is 2.17. The molecule has 0 bridgehead atoms. The first-order valence-electron chi connectivity index (χ1n) is 3.93. The minimum atomic E-state index is 0.195. The predicted octanol–water partition coefficient (Wildman–Crippen LogP) is 1.85. The summed E-state index contributed by atoms with van der Waals surface area (Å²) in [7, 11) is 0. The lowest BCUT2D eigenvalue weighted by Gasteiger charge is -2.05. The van der Waals surface area contributed by atoms with Crippen LogP contribution in [0, 0.1) is 5.92 Å². The second-order valence-electron chi connectivity index (χ2n) is 2.78. The van der Waals surface area contributed by atoms with Crippen LogP contribution in [-0.2, 0) is 0 Å². The Morgan fingerprint density at radius 3 is 3.00 bits per heavy atom. The van der Waals surface area contributed by atoms with Crippen LogP contribution in [0.3, 0.4) is 0 Å². The lowest BCUT2D eigenvalue weighted by molar-refractivity contribution is 0.250. The van der Waals surface area contributed by atoms with Crippen LogP contribution in [0.15, 0.2) is 17.4 Å². The van der Waals surface area contributed by atoms with Gasteiger partial charge in [0, 0.05) is 12.4 Å². The number of aliphatic hydroxyl groups excluding tert-OH is 1. The zero-order chi connectivity index (χ0) is 9.68. The molecule has 1 atom stereocenters. The van der Waals surface area contributed by atoms with E-state index in [2.05, 4.69) is 9.97 Å². The molecule has 0 amide bonds.